The van der Waals surface area contributed by atoms with E-state index in [4.69, 9.17) is 18.6 Å². The second kappa shape index (κ2) is 9.65. The summed E-state index contributed by atoms with van der Waals surface area (Å²) in [6.07, 6.45) is 1.83. The Morgan fingerprint density at radius 2 is 1.74 bits per heavy atom. The SMILES string of the molecule is COc1cc(C(=O)NCC[S+](C)c2c(O)c3ccccc3oc2=O)cc(OC)c1OC. The minimum atomic E-state index is -0.643. The van der Waals surface area contributed by atoms with Gasteiger partial charge in [-0.15, -0.1) is 0 Å². The molecule has 9 heteroatoms. The molecular formula is C22H24NO7S+. The third-order valence-electron chi connectivity index (χ3n) is 4.71. The van der Waals surface area contributed by atoms with Crippen molar-refractivity contribution in [2.24, 2.45) is 0 Å². The van der Waals surface area contributed by atoms with Gasteiger partial charge in [-0.2, -0.15) is 0 Å². The number of methoxy groups -OCH3 is 3. The third kappa shape index (κ3) is 4.56. The fourth-order valence-corrected chi connectivity index (χ4v) is 4.54. The van der Waals surface area contributed by atoms with E-state index in [9.17, 15) is 14.7 Å². The molecule has 3 aromatic rings. The summed E-state index contributed by atoms with van der Waals surface area (Å²) in [4.78, 5) is 25.2. The monoisotopic (exact) mass is 446 g/mol. The summed E-state index contributed by atoms with van der Waals surface area (Å²) < 4.78 is 21.1. The molecule has 0 radical (unpaired) electrons. The highest BCUT2D eigenvalue weighted by molar-refractivity contribution is 7.96. The molecule has 1 aromatic heterocycles. The first-order chi connectivity index (χ1) is 14.9. The van der Waals surface area contributed by atoms with E-state index >= 15 is 0 Å². The molecule has 1 amide bonds. The van der Waals surface area contributed by atoms with Crippen molar-refractivity contribution in [1.82, 2.24) is 5.32 Å². The van der Waals surface area contributed by atoms with Crippen molar-refractivity contribution in [1.29, 1.82) is 0 Å². The third-order valence-corrected chi connectivity index (χ3v) is 6.59. The van der Waals surface area contributed by atoms with Crippen molar-refractivity contribution in [3.05, 3.63) is 52.4 Å². The van der Waals surface area contributed by atoms with Crippen LogP contribution >= 0.6 is 0 Å². The summed E-state index contributed by atoms with van der Waals surface area (Å²) in [7, 11) is 3.80. The number of aromatic hydroxyl groups is 1. The maximum atomic E-state index is 12.6. The number of benzene rings is 2. The van der Waals surface area contributed by atoms with Crippen molar-refractivity contribution in [3.63, 3.8) is 0 Å². The van der Waals surface area contributed by atoms with Gasteiger partial charge in [0.25, 0.3) is 10.8 Å². The number of hydrogen-bond acceptors (Lipinski definition) is 7. The van der Waals surface area contributed by atoms with E-state index in [-0.39, 0.29) is 16.6 Å². The highest BCUT2D eigenvalue weighted by Crippen LogP contribution is 2.38. The Balaban J connectivity index is 1.73. The molecule has 2 aromatic carbocycles. The largest absolute Gasteiger partial charge is 0.503 e. The Hall–Kier alpha value is -3.33. The number of carbonyl (C=O) groups excluding carboxylic acids is 1. The number of amides is 1. The molecule has 164 valence electrons. The van der Waals surface area contributed by atoms with Gasteiger partial charge >= 0.3 is 5.63 Å². The number of para-hydroxylation sites is 1. The van der Waals surface area contributed by atoms with Gasteiger partial charge in [0.1, 0.15) is 17.6 Å². The minimum Gasteiger partial charge on any atom is -0.503 e. The van der Waals surface area contributed by atoms with Gasteiger partial charge in [0.15, 0.2) is 17.2 Å². The summed E-state index contributed by atoms with van der Waals surface area (Å²) in [6, 6.07) is 9.94. The van der Waals surface area contributed by atoms with Crippen LogP contribution in [0.4, 0.5) is 0 Å². The van der Waals surface area contributed by atoms with E-state index in [2.05, 4.69) is 5.32 Å². The zero-order valence-corrected chi connectivity index (χ0v) is 18.5. The summed E-state index contributed by atoms with van der Waals surface area (Å²) in [5.74, 6) is 1.20. The molecule has 0 fully saturated rings. The van der Waals surface area contributed by atoms with Crippen LogP contribution in [-0.4, -0.2) is 50.9 Å². The van der Waals surface area contributed by atoms with Crippen LogP contribution < -0.4 is 25.2 Å². The topological polar surface area (TPSA) is 107 Å². The van der Waals surface area contributed by atoms with Gasteiger partial charge in [0, 0.05) is 16.5 Å². The van der Waals surface area contributed by atoms with Crippen molar-refractivity contribution in [3.8, 4) is 23.0 Å². The molecule has 0 aliphatic carbocycles. The predicted octanol–water partition coefficient (Wildman–Crippen LogP) is 2.56. The Bertz CT molecular complexity index is 1130. The number of fused-ring (bicyclic) bond motifs is 1. The second-order valence-corrected chi connectivity index (χ2v) is 8.67. The normalized spacial score (nSPS) is 11.7. The highest BCUT2D eigenvalue weighted by atomic mass is 32.2. The molecule has 1 atom stereocenters. The number of rotatable bonds is 8. The Morgan fingerprint density at radius 1 is 1.10 bits per heavy atom. The summed E-state index contributed by atoms with van der Waals surface area (Å²) >= 11 is 0. The van der Waals surface area contributed by atoms with E-state index in [0.717, 1.165) is 0 Å². The predicted molar refractivity (Wildman–Crippen MR) is 119 cm³/mol. The lowest BCUT2D eigenvalue weighted by Gasteiger charge is -2.14. The number of ether oxygens (including phenoxy) is 3. The van der Waals surface area contributed by atoms with Gasteiger partial charge in [0.2, 0.25) is 5.75 Å². The molecule has 2 N–H and O–H groups in total. The number of nitrogens with one attached hydrogen (secondary N) is 1. The average Bonchev–Trinajstić information content (AvgIpc) is 2.77. The van der Waals surface area contributed by atoms with Crippen LogP contribution in [0.15, 0.2) is 50.5 Å². The first-order valence-electron chi connectivity index (χ1n) is 9.36. The van der Waals surface area contributed by atoms with Crippen molar-refractivity contribution in [2.45, 2.75) is 4.90 Å². The lowest BCUT2D eigenvalue weighted by molar-refractivity contribution is 0.0955. The Kier molecular flexibility index (Phi) is 6.96. The van der Waals surface area contributed by atoms with E-state index in [1.54, 1.807) is 36.4 Å². The molecular weight excluding hydrogens is 422 g/mol. The van der Waals surface area contributed by atoms with Gasteiger partial charge < -0.3 is 29.1 Å². The van der Waals surface area contributed by atoms with Crippen molar-refractivity contribution in [2.75, 3.05) is 39.9 Å². The first kappa shape index (κ1) is 22.4. The maximum absolute atomic E-state index is 12.6. The van der Waals surface area contributed by atoms with Gasteiger partial charge in [-0.3, -0.25) is 4.79 Å². The van der Waals surface area contributed by atoms with Crippen LogP contribution in [0, 0.1) is 0 Å². The second-order valence-electron chi connectivity index (χ2n) is 6.57. The smallest absolute Gasteiger partial charge is 0.396 e. The highest BCUT2D eigenvalue weighted by Gasteiger charge is 2.28. The molecule has 0 aliphatic rings. The minimum absolute atomic E-state index is 0.0753. The zero-order valence-electron chi connectivity index (χ0n) is 17.7. The standard InChI is InChI=1S/C22H23NO7S/c1-27-16-11-13(12-17(28-2)19(16)29-3)21(25)23-9-10-31(4)20-18(24)14-7-5-6-8-15(14)30-22(20)26/h5-8,11-12H,9-10H2,1-4H3,(H-,23,24,25,26)/p+1. The molecule has 0 bridgehead atoms. The summed E-state index contributed by atoms with van der Waals surface area (Å²) in [6.45, 7) is 0.292. The van der Waals surface area contributed by atoms with Crippen LogP contribution in [0.5, 0.6) is 23.0 Å². The van der Waals surface area contributed by atoms with Crippen LogP contribution in [0.25, 0.3) is 11.0 Å². The Morgan fingerprint density at radius 3 is 2.35 bits per heavy atom. The molecule has 3 rings (SSSR count). The molecule has 0 aliphatic heterocycles. The maximum Gasteiger partial charge on any atom is 0.396 e. The molecule has 0 spiro atoms. The van der Waals surface area contributed by atoms with Crippen molar-refractivity contribution < 1.29 is 28.5 Å². The molecule has 1 heterocycles. The van der Waals surface area contributed by atoms with E-state index in [0.29, 0.717) is 46.1 Å². The van der Waals surface area contributed by atoms with Gasteiger partial charge in [0.05, 0.1) is 33.3 Å². The van der Waals surface area contributed by atoms with Crippen LogP contribution in [0.1, 0.15) is 10.4 Å². The first-order valence-corrected chi connectivity index (χ1v) is 11.2. The summed E-state index contributed by atoms with van der Waals surface area (Å²) in [5.41, 5.74) is 0.109. The van der Waals surface area contributed by atoms with Gasteiger partial charge in [-0.25, -0.2) is 4.79 Å². The van der Waals surface area contributed by atoms with Crippen LogP contribution in [0.2, 0.25) is 0 Å². The molecule has 31 heavy (non-hydrogen) atoms. The number of hydrogen-bond donors (Lipinski definition) is 2. The van der Waals surface area contributed by atoms with Crippen LogP contribution in [0.3, 0.4) is 0 Å². The van der Waals surface area contributed by atoms with E-state index < -0.39 is 16.5 Å². The fraction of sp³-hybridized carbons (Fsp3) is 0.273. The fourth-order valence-electron chi connectivity index (χ4n) is 3.16. The molecule has 0 saturated carbocycles. The van der Waals surface area contributed by atoms with Gasteiger partial charge in [-0.1, -0.05) is 12.1 Å². The van der Waals surface area contributed by atoms with Crippen LogP contribution in [-0.2, 0) is 10.9 Å². The number of carbonyl (C=O) groups is 1. The average molecular weight is 447 g/mol. The van der Waals surface area contributed by atoms with Crippen molar-refractivity contribution >= 4 is 27.8 Å². The lowest BCUT2D eigenvalue weighted by atomic mass is 10.1. The van der Waals surface area contributed by atoms with E-state index in [1.807, 2.05) is 6.26 Å². The van der Waals surface area contributed by atoms with Gasteiger partial charge in [-0.05, 0) is 24.3 Å². The zero-order chi connectivity index (χ0) is 22.5. The molecule has 1 unspecified atom stereocenters. The molecule has 0 saturated heterocycles. The summed E-state index contributed by atoms with van der Waals surface area (Å²) in [5, 5.41) is 13.9. The quantitative estimate of drug-likeness (QED) is 0.404. The van der Waals surface area contributed by atoms with E-state index in [1.165, 1.54) is 21.3 Å². The lowest BCUT2D eigenvalue weighted by Crippen LogP contribution is -2.30. The Labute approximate surface area is 182 Å². The molecule has 8 nitrogen and oxygen atoms in total.